The highest BCUT2D eigenvalue weighted by Crippen LogP contribution is 2.37. The molecule has 0 bridgehead atoms. The maximum atomic E-state index is 14.3. The Morgan fingerprint density at radius 1 is 1.48 bits per heavy atom. The molecule has 1 aliphatic rings. The SMILES string of the molecule is CC1(c2cc(NC(=O)c3csnn3)ccc2F)CCSC(N)=N1. The van der Waals surface area contributed by atoms with Crippen molar-refractivity contribution in [1.29, 1.82) is 0 Å². The highest BCUT2D eigenvalue weighted by Gasteiger charge is 2.32. The Labute approximate surface area is 140 Å². The number of rotatable bonds is 3. The lowest BCUT2D eigenvalue weighted by Gasteiger charge is -2.30. The van der Waals surface area contributed by atoms with Crippen molar-refractivity contribution in [3.05, 3.63) is 40.7 Å². The molecule has 1 aliphatic heterocycles. The predicted octanol–water partition coefficient (Wildman–Crippen LogP) is 2.60. The van der Waals surface area contributed by atoms with E-state index >= 15 is 0 Å². The second-order valence-corrected chi connectivity index (χ2v) is 6.99. The zero-order chi connectivity index (χ0) is 16.4. The van der Waals surface area contributed by atoms with Gasteiger partial charge in [0.1, 0.15) is 5.82 Å². The quantitative estimate of drug-likeness (QED) is 0.886. The van der Waals surface area contributed by atoms with Gasteiger partial charge in [-0.3, -0.25) is 9.79 Å². The molecule has 6 nitrogen and oxygen atoms in total. The van der Waals surface area contributed by atoms with E-state index in [0.717, 1.165) is 17.3 Å². The van der Waals surface area contributed by atoms with E-state index in [2.05, 4.69) is 19.9 Å². The van der Waals surface area contributed by atoms with E-state index in [4.69, 9.17) is 5.73 Å². The summed E-state index contributed by atoms with van der Waals surface area (Å²) in [4.78, 5) is 16.4. The lowest BCUT2D eigenvalue weighted by molar-refractivity contribution is 0.102. The van der Waals surface area contributed by atoms with E-state index in [9.17, 15) is 9.18 Å². The fourth-order valence-corrected chi connectivity index (χ4v) is 3.77. The summed E-state index contributed by atoms with van der Waals surface area (Å²) in [5.74, 6) is 0.0137. The minimum Gasteiger partial charge on any atom is -0.379 e. The van der Waals surface area contributed by atoms with Crippen LogP contribution < -0.4 is 11.1 Å². The van der Waals surface area contributed by atoms with E-state index in [1.54, 1.807) is 11.4 Å². The van der Waals surface area contributed by atoms with Crippen LogP contribution in [0.4, 0.5) is 10.1 Å². The van der Waals surface area contributed by atoms with Crippen LogP contribution in [0.25, 0.3) is 0 Å². The second kappa shape index (κ2) is 6.25. The fraction of sp³-hybridized carbons (Fsp3) is 0.286. The number of benzene rings is 1. The molecule has 0 spiro atoms. The molecule has 1 unspecified atom stereocenters. The number of thioether (sulfide) groups is 1. The fourth-order valence-electron chi connectivity index (χ4n) is 2.36. The van der Waals surface area contributed by atoms with Gasteiger partial charge in [0.2, 0.25) is 0 Å². The molecule has 2 aromatic rings. The van der Waals surface area contributed by atoms with Gasteiger partial charge in [0, 0.05) is 22.4 Å². The first-order valence-corrected chi connectivity index (χ1v) is 8.67. The molecule has 3 rings (SSSR count). The minimum atomic E-state index is -0.734. The van der Waals surface area contributed by atoms with Crippen molar-refractivity contribution in [1.82, 2.24) is 9.59 Å². The summed E-state index contributed by atoms with van der Waals surface area (Å²) < 4.78 is 17.9. The van der Waals surface area contributed by atoms with Crippen LogP contribution in [0, 0.1) is 5.82 Å². The molecule has 1 atom stereocenters. The first kappa shape index (κ1) is 15.9. The first-order chi connectivity index (χ1) is 11.0. The van der Waals surface area contributed by atoms with Crippen LogP contribution in [0.2, 0.25) is 0 Å². The van der Waals surface area contributed by atoms with Crippen LogP contribution in [0.3, 0.4) is 0 Å². The van der Waals surface area contributed by atoms with Crippen molar-refractivity contribution in [2.75, 3.05) is 11.1 Å². The molecular formula is C14H14FN5OS2. The molecule has 120 valence electrons. The van der Waals surface area contributed by atoms with Crippen molar-refractivity contribution in [2.24, 2.45) is 10.7 Å². The van der Waals surface area contributed by atoms with Gasteiger partial charge in [-0.1, -0.05) is 16.3 Å². The summed E-state index contributed by atoms with van der Waals surface area (Å²) in [6.07, 6.45) is 0.669. The number of nitrogens with one attached hydrogen (secondary N) is 1. The van der Waals surface area contributed by atoms with E-state index in [1.165, 1.54) is 23.9 Å². The Kier molecular flexibility index (Phi) is 4.31. The molecule has 1 amide bonds. The normalized spacial score (nSPS) is 20.9. The van der Waals surface area contributed by atoms with Crippen molar-refractivity contribution in [2.45, 2.75) is 18.9 Å². The average Bonchev–Trinajstić information content (AvgIpc) is 3.03. The molecule has 0 saturated carbocycles. The van der Waals surface area contributed by atoms with Gasteiger partial charge < -0.3 is 11.1 Å². The summed E-state index contributed by atoms with van der Waals surface area (Å²) in [6.45, 7) is 1.84. The number of amides is 1. The largest absolute Gasteiger partial charge is 0.379 e. The van der Waals surface area contributed by atoms with Crippen LogP contribution in [-0.2, 0) is 5.54 Å². The number of carbonyl (C=O) groups excluding carboxylic acids is 1. The third kappa shape index (κ3) is 3.35. The Morgan fingerprint density at radius 2 is 2.30 bits per heavy atom. The minimum absolute atomic E-state index is 0.225. The van der Waals surface area contributed by atoms with E-state index in [0.29, 0.717) is 22.8 Å². The highest BCUT2D eigenvalue weighted by atomic mass is 32.2. The number of nitrogens with zero attached hydrogens (tertiary/aromatic N) is 3. The summed E-state index contributed by atoms with van der Waals surface area (Å²) in [5, 5.41) is 8.39. The number of amidine groups is 1. The summed E-state index contributed by atoms with van der Waals surface area (Å²) >= 11 is 2.55. The number of carbonyl (C=O) groups is 1. The number of anilines is 1. The van der Waals surface area contributed by atoms with Gasteiger partial charge in [-0.2, -0.15) is 0 Å². The average molecular weight is 351 g/mol. The van der Waals surface area contributed by atoms with Gasteiger partial charge in [-0.25, -0.2) is 4.39 Å². The Morgan fingerprint density at radius 3 is 3.00 bits per heavy atom. The molecule has 9 heteroatoms. The Hall–Kier alpha value is -2.00. The lowest BCUT2D eigenvalue weighted by Crippen LogP contribution is -2.29. The van der Waals surface area contributed by atoms with Gasteiger partial charge in [0.15, 0.2) is 10.9 Å². The summed E-state index contributed by atoms with van der Waals surface area (Å²) in [6, 6.07) is 4.42. The van der Waals surface area contributed by atoms with Gasteiger partial charge in [0.05, 0.1) is 5.54 Å². The zero-order valence-corrected chi connectivity index (χ0v) is 13.9. The number of nitrogens with two attached hydrogens (primary N) is 1. The molecule has 1 aromatic heterocycles. The number of hydrogen-bond donors (Lipinski definition) is 2. The Balaban J connectivity index is 1.90. The van der Waals surface area contributed by atoms with E-state index < -0.39 is 5.54 Å². The molecule has 2 heterocycles. The number of aliphatic imine (C=N–C) groups is 1. The summed E-state index contributed by atoms with van der Waals surface area (Å²) in [5.41, 5.74) is 6.17. The molecule has 0 radical (unpaired) electrons. The van der Waals surface area contributed by atoms with Crippen LogP contribution >= 0.6 is 23.3 Å². The highest BCUT2D eigenvalue weighted by molar-refractivity contribution is 8.13. The van der Waals surface area contributed by atoms with Crippen molar-refractivity contribution in [3.8, 4) is 0 Å². The van der Waals surface area contributed by atoms with Crippen LogP contribution in [-0.4, -0.2) is 26.4 Å². The van der Waals surface area contributed by atoms with Crippen molar-refractivity contribution >= 4 is 40.1 Å². The zero-order valence-electron chi connectivity index (χ0n) is 12.2. The van der Waals surface area contributed by atoms with Crippen LogP contribution in [0.5, 0.6) is 0 Å². The maximum absolute atomic E-state index is 14.3. The summed E-state index contributed by atoms with van der Waals surface area (Å²) in [7, 11) is 0. The molecule has 3 N–H and O–H groups in total. The third-order valence-electron chi connectivity index (χ3n) is 3.59. The lowest BCUT2D eigenvalue weighted by atomic mass is 9.89. The van der Waals surface area contributed by atoms with Gasteiger partial charge in [0.25, 0.3) is 5.91 Å². The number of hydrogen-bond acceptors (Lipinski definition) is 7. The first-order valence-electron chi connectivity index (χ1n) is 6.84. The molecule has 0 saturated heterocycles. The predicted molar refractivity (Wildman–Crippen MR) is 90.3 cm³/mol. The number of aromatic nitrogens is 2. The van der Waals surface area contributed by atoms with Crippen LogP contribution in [0.1, 0.15) is 29.4 Å². The van der Waals surface area contributed by atoms with Gasteiger partial charge >= 0.3 is 0 Å². The van der Waals surface area contributed by atoms with E-state index in [-0.39, 0.29) is 17.4 Å². The molecule has 0 fully saturated rings. The molecular weight excluding hydrogens is 337 g/mol. The smallest absolute Gasteiger partial charge is 0.277 e. The molecule has 0 aliphatic carbocycles. The second-order valence-electron chi connectivity index (χ2n) is 5.26. The Bertz CT molecular complexity index is 765. The standard InChI is InChI=1S/C14H14FN5OS2/c1-14(4-5-22-13(16)18-14)9-6-8(2-3-10(9)15)17-12(21)11-7-23-20-19-11/h2-3,6-7H,4-5H2,1H3,(H2,16,18)(H,17,21). The third-order valence-corrected chi connectivity index (χ3v) is 4.89. The van der Waals surface area contributed by atoms with Crippen molar-refractivity contribution < 1.29 is 9.18 Å². The van der Waals surface area contributed by atoms with Crippen LogP contribution in [0.15, 0.2) is 28.6 Å². The van der Waals surface area contributed by atoms with E-state index in [1.807, 2.05) is 6.92 Å². The molecule has 1 aromatic carbocycles. The van der Waals surface area contributed by atoms with Crippen molar-refractivity contribution in [3.63, 3.8) is 0 Å². The van der Waals surface area contributed by atoms with Gasteiger partial charge in [-0.15, -0.1) is 5.10 Å². The maximum Gasteiger partial charge on any atom is 0.277 e. The monoisotopic (exact) mass is 351 g/mol. The van der Waals surface area contributed by atoms with Gasteiger partial charge in [-0.05, 0) is 43.1 Å². The topological polar surface area (TPSA) is 93.3 Å². The molecule has 23 heavy (non-hydrogen) atoms. The number of halogens is 1.